The zero-order valence-electron chi connectivity index (χ0n) is 8.08. The molecule has 0 aliphatic carbocycles. The van der Waals surface area contributed by atoms with E-state index in [1.807, 2.05) is 0 Å². The highest BCUT2D eigenvalue weighted by atomic mass is 16.3. The maximum Gasteiger partial charge on any atom is 0.152 e. The van der Waals surface area contributed by atoms with E-state index in [0.29, 0.717) is 5.92 Å². The highest BCUT2D eigenvalue weighted by molar-refractivity contribution is 5.87. The van der Waals surface area contributed by atoms with Crippen molar-refractivity contribution in [2.75, 3.05) is 0 Å². The summed E-state index contributed by atoms with van der Waals surface area (Å²) in [5.74, 6) is 0.587. The summed E-state index contributed by atoms with van der Waals surface area (Å²) < 4.78 is 0. The predicted octanol–water partition coefficient (Wildman–Crippen LogP) is 1.93. The van der Waals surface area contributed by atoms with Crippen molar-refractivity contribution in [1.82, 2.24) is 0 Å². The molecule has 0 saturated carbocycles. The Morgan fingerprint density at radius 2 is 2.00 bits per heavy atom. The molecule has 0 rings (SSSR count). The lowest BCUT2D eigenvalue weighted by atomic mass is 10.0. The van der Waals surface area contributed by atoms with Crippen molar-refractivity contribution < 1.29 is 9.90 Å². The third-order valence-electron chi connectivity index (χ3n) is 1.59. The SMILES string of the molecule is CC(=O)/C=C/C(O)CCC(C)C. The zero-order chi connectivity index (χ0) is 9.56. The Labute approximate surface area is 74.3 Å². The second-order valence-electron chi connectivity index (χ2n) is 3.51. The van der Waals surface area contributed by atoms with Crippen LogP contribution >= 0.6 is 0 Å². The molecule has 0 aromatic carbocycles. The molecule has 2 nitrogen and oxygen atoms in total. The number of aliphatic hydroxyl groups excluding tert-OH is 1. The Hall–Kier alpha value is -0.630. The van der Waals surface area contributed by atoms with Crippen LogP contribution in [0.4, 0.5) is 0 Å². The van der Waals surface area contributed by atoms with E-state index in [2.05, 4.69) is 13.8 Å². The maximum atomic E-state index is 10.5. The first-order chi connectivity index (χ1) is 5.52. The Morgan fingerprint density at radius 3 is 2.42 bits per heavy atom. The summed E-state index contributed by atoms with van der Waals surface area (Å²) in [6.07, 6.45) is 4.25. The van der Waals surface area contributed by atoms with Gasteiger partial charge in [-0.25, -0.2) is 0 Å². The van der Waals surface area contributed by atoms with Crippen LogP contribution in [0.1, 0.15) is 33.6 Å². The lowest BCUT2D eigenvalue weighted by Crippen LogP contribution is -2.04. The monoisotopic (exact) mass is 170 g/mol. The van der Waals surface area contributed by atoms with Crippen molar-refractivity contribution in [3.8, 4) is 0 Å². The molecule has 0 spiro atoms. The fraction of sp³-hybridized carbons (Fsp3) is 0.700. The van der Waals surface area contributed by atoms with E-state index in [9.17, 15) is 9.90 Å². The summed E-state index contributed by atoms with van der Waals surface area (Å²) in [5.41, 5.74) is 0. The van der Waals surface area contributed by atoms with E-state index >= 15 is 0 Å². The van der Waals surface area contributed by atoms with Gasteiger partial charge in [0.15, 0.2) is 5.78 Å². The normalized spacial score (nSPS) is 14.1. The van der Waals surface area contributed by atoms with Gasteiger partial charge in [-0.3, -0.25) is 4.79 Å². The summed E-state index contributed by atoms with van der Waals surface area (Å²) >= 11 is 0. The lowest BCUT2D eigenvalue weighted by Gasteiger charge is -2.06. The number of carbonyl (C=O) groups excluding carboxylic acids is 1. The largest absolute Gasteiger partial charge is 0.389 e. The molecule has 1 atom stereocenters. The molecule has 0 bridgehead atoms. The standard InChI is InChI=1S/C10H18O2/c1-8(2)4-6-10(12)7-5-9(3)11/h5,7-8,10,12H,4,6H2,1-3H3/b7-5+. The molecule has 0 aromatic rings. The molecule has 0 amide bonds. The quantitative estimate of drug-likeness (QED) is 0.640. The van der Waals surface area contributed by atoms with Crippen molar-refractivity contribution >= 4 is 5.78 Å². The smallest absolute Gasteiger partial charge is 0.152 e. The Bertz CT molecular complexity index is 159. The molecule has 1 unspecified atom stereocenters. The van der Waals surface area contributed by atoms with Gasteiger partial charge in [0.1, 0.15) is 0 Å². The summed E-state index contributed by atoms with van der Waals surface area (Å²) in [7, 11) is 0. The van der Waals surface area contributed by atoms with Crippen LogP contribution in [-0.2, 0) is 4.79 Å². The van der Waals surface area contributed by atoms with Crippen molar-refractivity contribution in [1.29, 1.82) is 0 Å². The number of carbonyl (C=O) groups is 1. The number of hydrogen-bond acceptors (Lipinski definition) is 2. The van der Waals surface area contributed by atoms with Crippen molar-refractivity contribution in [3.05, 3.63) is 12.2 Å². The van der Waals surface area contributed by atoms with E-state index in [0.717, 1.165) is 12.8 Å². The van der Waals surface area contributed by atoms with E-state index in [1.165, 1.54) is 13.0 Å². The number of hydrogen-bond donors (Lipinski definition) is 1. The first kappa shape index (κ1) is 11.4. The summed E-state index contributed by atoms with van der Waals surface area (Å²) in [6, 6.07) is 0. The van der Waals surface area contributed by atoms with Crippen LogP contribution in [0.2, 0.25) is 0 Å². The van der Waals surface area contributed by atoms with Crippen LogP contribution in [-0.4, -0.2) is 17.0 Å². The van der Waals surface area contributed by atoms with E-state index in [-0.39, 0.29) is 5.78 Å². The minimum absolute atomic E-state index is 0.0152. The minimum atomic E-state index is -0.462. The van der Waals surface area contributed by atoms with Crippen LogP contribution in [0, 0.1) is 5.92 Å². The van der Waals surface area contributed by atoms with Crippen LogP contribution in [0.3, 0.4) is 0 Å². The minimum Gasteiger partial charge on any atom is -0.389 e. The molecular weight excluding hydrogens is 152 g/mol. The van der Waals surface area contributed by atoms with E-state index in [1.54, 1.807) is 6.08 Å². The zero-order valence-corrected chi connectivity index (χ0v) is 8.08. The predicted molar refractivity (Wildman–Crippen MR) is 49.9 cm³/mol. The summed E-state index contributed by atoms with van der Waals surface area (Å²) in [6.45, 7) is 5.70. The van der Waals surface area contributed by atoms with Gasteiger partial charge in [0.25, 0.3) is 0 Å². The average Bonchev–Trinajstić information content (AvgIpc) is 1.96. The average molecular weight is 170 g/mol. The molecule has 0 aliphatic rings. The van der Waals surface area contributed by atoms with Crippen molar-refractivity contribution in [3.63, 3.8) is 0 Å². The highest BCUT2D eigenvalue weighted by Gasteiger charge is 2.01. The third kappa shape index (κ3) is 7.48. The van der Waals surface area contributed by atoms with Gasteiger partial charge in [-0.1, -0.05) is 19.9 Å². The molecule has 0 aromatic heterocycles. The Morgan fingerprint density at radius 1 is 1.42 bits per heavy atom. The van der Waals surface area contributed by atoms with Gasteiger partial charge in [0.05, 0.1) is 6.10 Å². The maximum absolute atomic E-state index is 10.5. The van der Waals surface area contributed by atoms with Gasteiger partial charge >= 0.3 is 0 Å². The van der Waals surface area contributed by atoms with Crippen LogP contribution < -0.4 is 0 Å². The van der Waals surface area contributed by atoms with Gasteiger partial charge in [-0.05, 0) is 31.8 Å². The van der Waals surface area contributed by atoms with E-state index < -0.39 is 6.10 Å². The van der Waals surface area contributed by atoms with Crippen LogP contribution in [0.5, 0.6) is 0 Å². The number of allylic oxidation sites excluding steroid dienone is 1. The number of ketones is 1. The molecule has 1 N–H and O–H groups in total. The molecule has 2 heteroatoms. The van der Waals surface area contributed by atoms with Crippen LogP contribution in [0.25, 0.3) is 0 Å². The van der Waals surface area contributed by atoms with Gasteiger partial charge in [-0.2, -0.15) is 0 Å². The molecule has 0 fully saturated rings. The molecule has 0 heterocycles. The lowest BCUT2D eigenvalue weighted by molar-refractivity contribution is -0.112. The molecule has 12 heavy (non-hydrogen) atoms. The molecule has 70 valence electrons. The fourth-order valence-corrected chi connectivity index (χ4v) is 0.847. The number of aliphatic hydroxyl groups is 1. The molecule has 0 radical (unpaired) electrons. The number of rotatable bonds is 5. The summed E-state index contributed by atoms with van der Waals surface area (Å²) in [4.78, 5) is 10.5. The van der Waals surface area contributed by atoms with Gasteiger partial charge in [0, 0.05) is 0 Å². The topological polar surface area (TPSA) is 37.3 Å². The first-order valence-corrected chi connectivity index (χ1v) is 4.39. The van der Waals surface area contributed by atoms with Gasteiger partial charge in [0.2, 0.25) is 0 Å². The van der Waals surface area contributed by atoms with Crippen molar-refractivity contribution in [2.45, 2.75) is 39.7 Å². The van der Waals surface area contributed by atoms with Gasteiger partial charge in [-0.15, -0.1) is 0 Å². The molecule has 0 saturated heterocycles. The summed E-state index contributed by atoms with van der Waals surface area (Å²) in [5, 5.41) is 9.31. The van der Waals surface area contributed by atoms with Gasteiger partial charge < -0.3 is 5.11 Å². The molecular formula is C10H18O2. The Kier molecular flexibility index (Phi) is 5.64. The Balaban J connectivity index is 3.59. The van der Waals surface area contributed by atoms with E-state index in [4.69, 9.17) is 0 Å². The molecule has 0 aliphatic heterocycles. The first-order valence-electron chi connectivity index (χ1n) is 4.39. The van der Waals surface area contributed by atoms with Crippen LogP contribution in [0.15, 0.2) is 12.2 Å². The van der Waals surface area contributed by atoms with Crippen molar-refractivity contribution in [2.24, 2.45) is 5.92 Å². The third-order valence-corrected chi connectivity index (χ3v) is 1.59. The fourth-order valence-electron chi connectivity index (χ4n) is 0.847. The second kappa shape index (κ2) is 5.95. The highest BCUT2D eigenvalue weighted by Crippen LogP contribution is 2.07. The second-order valence-corrected chi connectivity index (χ2v) is 3.51.